The molecule has 1 aromatic heterocycles. The number of methoxy groups -OCH3 is 1. The Bertz CT molecular complexity index is 899. The van der Waals surface area contributed by atoms with Gasteiger partial charge in [-0.3, -0.25) is 0 Å². The number of carboxylic acids is 1. The van der Waals surface area contributed by atoms with Gasteiger partial charge in [-0.25, -0.2) is 14.8 Å². The third-order valence-electron chi connectivity index (χ3n) is 3.93. The molecule has 0 fully saturated rings. The van der Waals surface area contributed by atoms with E-state index < -0.39 is 5.97 Å². The van der Waals surface area contributed by atoms with Crippen LogP contribution in [0.25, 0.3) is 10.9 Å². The third kappa shape index (κ3) is 3.36. The van der Waals surface area contributed by atoms with Crippen molar-refractivity contribution in [3.63, 3.8) is 0 Å². The molecule has 0 saturated carbocycles. The number of carboxylic acid groups (broad SMARTS) is 1. The van der Waals surface area contributed by atoms with Gasteiger partial charge in [-0.15, -0.1) is 0 Å². The van der Waals surface area contributed by atoms with Gasteiger partial charge in [-0.2, -0.15) is 0 Å². The van der Waals surface area contributed by atoms with Gasteiger partial charge in [0.25, 0.3) is 0 Å². The summed E-state index contributed by atoms with van der Waals surface area (Å²) in [4.78, 5) is 19.9. The van der Waals surface area contributed by atoms with Gasteiger partial charge < -0.3 is 20.9 Å². The first-order chi connectivity index (χ1) is 12.1. The van der Waals surface area contributed by atoms with Crippen LogP contribution in [0.2, 0.25) is 0 Å². The molecule has 2 aromatic carbocycles. The highest BCUT2D eigenvalue weighted by Gasteiger charge is 2.17. The Morgan fingerprint density at radius 1 is 1.28 bits per heavy atom. The summed E-state index contributed by atoms with van der Waals surface area (Å²) in [6.07, 6.45) is 1.34. The van der Waals surface area contributed by atoms with Crippen LogP contribution in [0, 0.1) is 0 Å². The zero-order chi connectivity index (χ0) is 17.8. The lowest BCUT2D eigenvalue weighted by atomic mass is 10.1. The minimum atomic E-state index is -1.08. The monoisotopic (exact) mass is 338 g/mol. The van der Waals surface area contributed by atoms with E-state index in [1.807, 2.05) is 30.3 Å². The Balaban J connectivity index is 2.10. The number of ether oxygens (including phenoxy) is 1. The smallest absolute Gasteiger partial charge is 0.338 e. The van der Waals surface area contributed by atoms with Crippen molar-refractivity contribution in [1.29, 1.82) is 0 Å². The maximum absolute atomic E-state index is 11.5. The molecule has 7 heteroatoms. The number of fused-ring (bicyclic) bond motifs is 1. The van der Waals surface area contributed by atoms with Crippen LogP contribution < -0.4 is 15.8 Å². The fraction of sp³-hybridized carbons (Fsp3) is 0.167. The van der Waals surface area contributed by atoms with E-state index in [9.17, 15) is 9.90 Å². The number of nitrogens with one attached hydrogen (secondary N) is 1. The summed E-state index contributed by atoms with van der Waals surface area (Å²) in [6, 6.07) is 12.7. The summed E-state index contributed by atoms with van der Waals surface area (Å²) >= 11 is 0. The predicted octanol–water partition coefficient (Wildman–Crippen LogP) is 2.45. The first kappa shape index (κ1) is 16.7. The molecule has 1 atom stereocenters. The lowest BCUT2D eigenvalue weighted by Crippen LogP contribution is -2.21. The fourth-order valence-electron chi connectivity index (χ4n) is 2.67. The first-order valence-electron chi connectivity index (χ1n) is 7.71. The number of hydrogen-bond donors (Lipinski definition) is 3. The van der Waals surface area contributed by atoms with Crippen LogP contribution in [-0.2, 0) is 0 Å². The van der Waals surface area contributed by atoms with E-state index in [1.54, 1.807) is 6.07 Å². The number of anilines is 1. The van der Waals surface area contributed by atoms with Crippen molar-refractivity contribution in [2.24, 2.45) is 5.73 Å². The van der Waals surface area contributed by atoms with Gasteiger partial charge in [0.1, 0.15) is 17.9 Å². The molecule has 0 aliphatic rings. The molecule has 3 aromatic rings. The lowest BCUT2D eigenvalue weighted by molar-refractivity contribution is 0.0698. The van der Waals surface area contributed by atoms with Gasteiger partial charge in [0.05, 0.1) is 24.2 Å². The molecule has 0 unspecified atom stereocenters. The Kier molecular flexibility index (Phi) is 4.76. The van der Waals surface area contributed by atoms with Gasteiger partial charge in [-0.1, -0.05) is 30.3 Å². The fourth-order valence-corrected chi connectivity index (χ4v) is 2.67. The van der Waals surface area contributed by atoms with E-state index in [4.69, 9.17) is 10.5 Å². The molecule has 4 N–H and O–H groups in total. The number of hydrogen-bond acceptors (Lipinski definition) is 6. The van der Waals surface area contributed by atoms with Gasteiger partial charge >= 0.3 is 5.97 Å². The van der Waals surface area contributed by atoms with Crippen molar-refractivity contribution in [3.05, 3.63) is 59.9 Å². The number of rotatable bonds is 6. The highest BCUT2D eigenvalue weighted by Crippen LogP contribution is 2.30. The van der Waals surface area contributed by atoms with Gasteiger partial charge in [-0.05, 0) is 17.7 Å². The van der Waals surface area contributed by atoms with E-state index in [-0.39, 0.29) is 11.6 Å². The molecule has 3 rings (SSSR count). The largest absolute Gasteiger partial charge is 0.497 e. The summed E-state index contributed by atoms with van der Waals surface area (Å²) in [5, 5.41) is 13.3. The number of nitrogens with two attached hydrogens (primary N) is 1. The van der Waals surface area contributed by atoms with E-state index in [0.29, 0.717) is 29.0 Å². The SMILES string of the molecule is COc1cc(C(=O)O)c2ncnc(N[C@H](CN)c3ccccc3)c2c1. The van der Waals surface area contributed by atoms with Crippen LogP contribution in [0.3, 0.4) is 0 Å². The van der Waals surface area contributed by atoms with E-state index >= 15 is 0 Å². The van der Waals surface area contributed by atoms with Crippen LogP contribution in [-0.4, -0.2) is 34.7 Å². The van der Waals surface area contributed by atoms with Crippen molar-refractivity contribution in [2.45, 2.75) is 6.04 Å². The van der Waals surface area contributed by atoms with E-state index in [0.717, 1.165) is 5.56 Å². The Labute approximate surface area is 144 Å². The molecule has 0 aliphatic heterocycles. The van der Waals surface area contributed by atoms with Gasteiger partial charge in [0.15, 0.2) is 0 Å². The molecule has 0 bridgehead atoms. The van der Waals surface area contributed by atoms with Crippen molar-refractivity contribution >= 4 is 22.7 Å². The molecule has 0 radical (unpaired) electrons. The molecule has 7 nitrogen and oxygen atoms in total. The number of carbonyl (C=O) groups is 1. The Morgan fingerprint density at radius 3 is 2.68 bits per heavy atom. The normalized spacial score (nSPS) is 11.9. The average molecular weight is 338 g/mol. The van der Waals surface area contributed by atoms with Crippen LogP contribution >= 0.6 is 0 Å². The molecule has 0 amide bonds. The Morgan fingerprint density at radius 2 is 2.04 bits per heavy atom. The lowest BCUT2D eigenvalue weighted by Gasteiger charge is -2.19. The second kappa shape index (κ2) is 7.14. The van der Waals surface area contributed by atoms with Crippen LogP contribution in [0.4, 0.5) is 5.82 Å². The van der Waals surface area contributed by atoms with Crippen LogP contribution in [0.5, 0.6) is 5.75 Å². The number of aromatic carboxylic acids is 1. The highest BCUT2D eigenvalue weighted by molar-refractivity contribution is 6.05. The summed E-state index contributed by atoms with van der Waals surface area (Å²) in [5.74, 6) is -0.149. The molecular formula is C18H18N4O3. The molecule has 0 spiro atoms. The predicted molar refractivity (Wildman–Crippen MR) is 94.9 cm³/mol. The van der Waals surface area contributed by atoms with Crippen molar-refractivity contribution in [1.82, 2.24) is 9.97 Å². The number of aromatic nitrogens is 2. The topological polar surface area (TPSA) is 110 Å². The standard InChI is InChI=1S/C18H18N4O3/c1-25-12-7-13-16(14(8-12)18(23)24)20-10-21-17(13)22-15(9-19)11-5-3-2-4-6-11/h2-8,10,15H,9,19H2,1H3,(H,23,24)(H,20,21,22)/t15-/m1/s1. The molecule has 1 heterocycles. The maximum atomic E-state index is 11.5. The Hall–Kier alpha value is -3.19. The first-order valence-corrected chi connectivity index (χ1v) is 7.71. The molecule has 25 heavy (non-hydrogen) atoms. The second-order valence-electron chi connectivity index (χ2n) is 5.44. The summed E-state index contributed by atoms with van der Waals surface area (Å²) < 4.78 is 5.21. The average Bonchev–Trinajstić information content (AvgIpc) is 2.65. The van der Waals surface area contributed by atoms with E-state index in [2.05, 4.69) is 15.3 Å². The molecule has 128 valence electrons. The quantitative estimate of drug-likeness (QED) is 0.633. The van der Waals surface area contributed by atoms with Crippen LogP contribution in [0.1, 0.15) is 22.0 Å². The molecule has 0 aliphatic carbocycles. The minimum Gasteiger partial charge on any atom is -0.497 e. The summed E-state index contributed by atoms with van der Waals surface area (Å²) in [5.41, 5.74) is 7.32. The molecule has 0 saturated heterocycles. The maximum Gasteiger partial charge on any atom is 0.338 e. The molecular weight excluding hydrogens is 320 g/mol. The van der Waals surface area contributed by atoms with Crippen molar-refractivity contribution in [3.8, 4) is 5.75 Å². The van der Waals surface area contributed by atoms with Gasteiger partial charge in [0.2, 0.25) is 0 Å². The van der Waals surface area contributed by atoms with E-state index in [1.165, 1.54) is 19.5 Å². The number of nitrogens with zero attached hydrogens (tertiary/aromatic N) is 2. The third-order valence-corrected chi connectivity index (χ3v) is 3.93. The summed E-state index contributed by atoms with van der Waals surface area (Å²) in [7, 11) is 1.48. The zero-order valence-corrected chi connectivity index (χ0v) is 13.6. The highest BCUT2D eigenvalue weighted by atomic mass is 16.5. The van der Waals surface area contributed by atoms with Gasteiger partial charge in [0, 0.05) is 11.9 Å². The van der Waals surface area contributed by atoms with Crippen LogP contribution in [0.15, 0.2) is 48.8 Å². The minimum absolute atomic E-state index is 0.0591. The number of benzene rings is 2. The van der Waals surface area contributed by atoms with Crippen molar-refractivity contribution in [2.75, 3.05) is 19.0 Å². The zero-order valence-electron chi connectivity index (χ0n) is 13.6. The summed E-state index contributed by atoms with van der Waals surface area (Å²) in [6.45, 7) is 0.352. The van der Waals surface area contributed by atoms with Crippen molar-refractivity contribution < 1.29 is 14.6 Å². The second-order valence-corrected chi connectivity index (χ2v) is 5.44.